The molecule has 2 aromatic carbocycles. The van der Waals surface area contributed by atoms with Gasteiger partial charge in [0.1, 0.15) is 11.4 Å². The number of benzene rings is 2. The first kappa shape index (κ1) is 16.9. The summed E-state index contributed by atoms with van der Waals surface area (Å²) in [4.78, 5) is 0. The molecule has 2 aromatic rings. The SMILES string of the molecule is CNCCCN1c2ccccc2N(c2ccccc2OC)S1(O)O. The van der Waals surface area contributed by atoms with Crippen molar-refractivity contribution >= 4 is 28.0 Å². The van der Waals surface area contributed by atoms with E-state index in [1.54, 1.807) is 15.7 Å². The minimum Gasteiger partial charge on any atom is -0.495 e. The molecule has 0 saturated carbocycles. The summed E-state index contributed by atoms with van der Waals surface area (Å²) < 4.78 is 30.7. The first-order valence-corrected chi connectivity index (χ1v) is 9.30. The molecule has 0 radical (unpaired) electrons. The highest BCUT2D eigenvalue weighted by Crippen LogP contribution is 2.65. The molecule has 0 atom stereocenters. The van der Waals surface area contributed by atoms with Crippen molar-refractivity contribution in [2.75, 3.05) is 35.9 Å². The zero-order chi connectivity index (χ0) is 17.2. The first-order chi connectivity index (χ1) is 11.6. The molecule has 0 fully saturated rings. The Morgan fingerprint density at radius 2 is 1.62 bits per heavy atom. The van der Waals surface area contributed by atoms with E-state index >= 15 is 0 Å². The molecule has 0 unspecified atom stereocenters. The molecule has 1 aliphatic heterocycles. The van der Waals surface area contributed by atoms with Gasteiger partial charge in [-0.1, -0.05) is 24.3 Å². The van der Waals surface area contributed by atoms with Crippen LogP contribution in [-0.4, -0.2) is 36.4 Å². The van der Waals surface area contributed by atoms with E-state index in [2.05, 4.69) is 5.32 Å². The van der Waals surface area contributed by atoms with Crippen molar-refractivity contribution in [1.82, 2.24) is 5.32 Å². The lowest BCUT2D eigenvalue weighted by Crippen LogP contribution is -2.33. The number of methoxy groups -OCH3 is 1. The Morgan fingerprint density at radius 1 is 1.00 bits per heavy atom. The molecule has 0 aromatic heterocycles. The predicted molar refractivity (Wildman–Crippen MR) is 100 cm³/mol. The van der Waals surface area contributed by atoms with E-state index in [4.69, 9.17) is 4.74 Å². The summed E-state index contributed by atoms with van der Waals surface area (Å²) in [5.41, 5.74) is 2.23. The lowest BCUT2D eigenvalue weighted by Gasteiger charge is -2.44. The highest BCUT2D eigenvalue weighted by Gasteiger charge is 2.42. The van der Waals surface area contributed by atoms with Crippen LogP contribution < -0.4 is 18.7 Å². The second kappa shape index (κ2) is 6.90. The van der Waals surface area contributed by atoms with E-state index in [9.17, 15) is 9.11 Å². The van der Waals surface area contributed by atoms with Gasteiger partial charge in [0.15, 0.2) is 0 Å². The van der Waals surface area contributed by atoms with E-state index in [1.165, 1.54) is 0 Å². The van der Waals surface area contributed by atoms with Crippen molar-refractivity contribution in [1.29, 1.82) is 0 Å². The molecular weight excluding hydrogens is 326 g/mol. The third-order valence-electron chi connectivity index (χ3n) is 4.00. The second-order valence-corrected chi connectivity index (χ2v) is 7.29. The Kier molecular flexibility index (Phi) is 4.86. The average molecular weight is 349 g/mol. The van der Waals surface area contributed by atoms with Crippen molar-refractivity contribution in [3.8, 4) is 5.75 Å². The fourth-order valence-corrected chi connectivity index (χ4v) is 4.73. The number of nitrogens with zero attached hydrogens (tertiary/aromatic N) is 2. The van der Waals surface area contributed by atoms with Crippen LogP contribution >= 0.6 is 11.0 Å². The van der Waals surface area contributed by atoms with Gasteiger partial charge >= 0.3 is 0 Å². The van der Waals surface area contributed by atoms with Crippen LogP contribution in [0.2, 0.25) is 0 Å². The Hall–Kier alpha value is -1.93. The van der Waals surface area contributed by atoms with Crippen molar-refractivity contribution in [3.05, 3.63) is 48.5 Å². The van der Waals surface area contributed by atoms with Gasteiger partial charge in [0.05, 0.1) is 18.5 Å². The fraction of sp³-hybridized carbons (Fsp3) is 0.294. The van der Waals surface area contributed by atoms with E-state index in [-0.39, 0.29) is 0 Å². The van der Waals surface area contributed by atoms with Crippen LogP contribution in [0.4, 0.5) is 17.1 Å². The molecule has 0 aliphatic carbocycles. The predicted octanol–water partition coefficient (Wildman–Crippen LogP) is 3.84. The average Bonchev–Trinajstić information content (AvgIpc) is 2.82. The third-order valence-corrected chi connectivity index (χ3v) is 5.86. The number of fused-ring (bicyclic) bond motifs is 1. The van der Waals surface area contributed by atoms with Gasteiger partial charge in [-0.25, -0.2) is 4.31 Å². The van der Waals surface area contributed by atoms with Gasteiger partial charge in [-0.05, 0) is 55.2 Å². The van der Waals surface area contributed by atoms with Crippen LogP contribution in [0.25, 0.3) is 0 Å². The van der Waals surface area contributed by atoms with Gasteiger partial charge in [-0.3, -0.25) is 13.4 Å². The van der Waals surface area contributed by atoms with Crippen molar-refractivity contribution in [2.45, 2.75) is 6.42 Å². The van der Waals surface area contributed by atoms with Gasteiger partial charge in [-0.2, -0.15) is 0 Å². The fourth-order valence-electron chi connectivity index (χ4n) is 2.91. The molecule has 0 bridgehead atoms. The number of ether oxygens (including phenoxy) is 1. The van der Waals surface area contributed by atoms with Gasteiger partial charge in [-0.15, -0.1) is 0 Å². The minimum atomic E-state index is -3.19. The van der Waals surface area contributed by atoms with Gasteiger partial charge in [0.25, 0.3) is 0 Å². The van der Waals surface area contributed by atoms with E-state index in [1.807, 2.05) is 55.6 Å². The molecule has 1 aliphatic rings. The maximum absolute atomic E-state index is 11.0. The van der Waals surface area contributed by atoms with Crippen LogP contribution in [0.15, 0.2) is 48.5 Å². The molecular formula is C17H23N3O3S. The number of hydrogen-bond acceptors (Lipinski definition) is 6. The minimum absolute atomic E-state index is 0.547. The Morgan fingerprint density at radius 3 is 2.29 bits per heavy atom. The van der Waals surface area contributed by atoms with Crippen molar-refractivity contribution in [2.24, 2.45) is 0 Å². The molecule has 0 amide bonds. The van der Waals surface area contributed by atoms with Gasteiger partial charge in [0.2, 0.25) is 0 Å². The number of rotatable bonds is 6. The Balaban J connectivity index is 2.06. The molecule has 24 heavy (non-hydrogen) atoms. The molecule has 3 rings (SSSR count). The Bertz CT molecular complexity index is 711. The Labute approximate surface area is 144 Å². The van der Waals surface area contributed by atoms with Crippen LogP contribution in [-0.2, 0) is 0 Å². The molecule has 130 valence electrons. The van der Waals surface area contributed by atoms with E-state index in [0.717, 1.165) is 24.3 Å². The highest BCUT2D eigenvalue weighted by atomic mass is 32.3. The van der Waals surface area contributed by atoms with Crippen molar-refractivity contribution < 1.29 is 13.8 Å². The molecule has 7 heteroatoms. The molecule has 0 saturated heterocycles. The lowest BCUT2D eigenvalue weighted by atomic mass is 10.2. The van der Waals surface area contributed by atoms with E-state index < -0.39 is 11.0 Å². The third kappa shape index (κ3) is 2.80. The topological polar surface area (TPSA) is 68.2 Å². The van der Waals surface area contributed by atoms with E-state index in [0.29, 0.717) is 18.0 Å². The van der Waals surface area contributed by atoms with Gasteiger partial charge in [0, 0.05) is 6.54 Å². The summed E-state index contributed by atoms with van der Waals surface area (Å²) in [7, 11) is 0.272. The summed E-state index contributed by atoms with van der Waals surface area (Å²) in [6.07, 6.45) is 0.806. The summed E-state index contributed by atoms with van der Waals surface area (Å²) in [5, 5.41) is 3.09. The second-order valence-electron chi connectivity index (χ2n) is 5.50. The molecule has 6 nitrogen and oxygen atoms in total. The lowest BCUT2D eigenvalue weighted by molar-refractivity contribution is 0.415. The quantitative estimate of drug-likeness (QED) is 0.689. The van der Waals surface area contributed by atoms with Crippen molar-refractivity contribution in [3.63, 3.8) is 0 Å². The number of nitrogens with one attached hydrogen (secondary N) is 1. The monoisotopic (exact) mass is 349 g/mol. The van der Waals surface area contributed by atoms with Gasteiger partial charge < -0.3 is 10.1 Å². The highest BCUT2D eigenvalue weighted by molar-refractivity contribution is 8.27. The number of anilines is 3. The maximum atomic E-state index is 11.0. The maximum Gasteiger partial charge on any atom is 0.144 e. The zero-order valence-corrected chi connectivity index (χ0v) is 14.7. The summed E-state index contributed by atoms with van der Waals surface area (Å²) in [6.45, 7) is 1.36. The standard InChI is InChI=1S/C17H23N3O3S/c1-18-12-7-13-19-14-8-3-4-9-15(14)20(24(19,21)22)16-10-5-6-11-17(16)23-2/h3-6,8-11,18,21-22H,7,12-13H2,1-2H3. The molecule has 3 N–H and O–H groups in total. The molecule has 1 heterocycles. The summed E-state index contributed by atoms with van der Waals surface area (Å²) in [6, 6.07) is 15.0. The number of hydrogen-bond donors (Lipinski definition) is 3. The summed E-state index contributed by atoms with van der Waals surface area (Å²) in [5.74, 6) is 0.601. The summed E-state index contributed by atoms with van der Waals surface area (Å²) >= 11 is 0. The van der Waals surface area contributed by atoms with Crippen LogP contribution in [0, 0.1) is 0 Å². The zero-order valence-electron chi connectivity index (χ0n) is 13.8. The first-order valence-electron chi connectivity index (χ1n) is 7.84. The number of para-hydroxylation sites is 4. The van der Waals surface area contributed by atoms with Crippen LogP contribution in [0.3, 0.4) is 0 Å². The van der Waals surface area contributed by atoms with Crippen LogP contribution in [0.5, 0.6) is 5.75 Å². The van der Waals surface area contributed by atoms with Crippen LogP contribution in [0.1, 0.15) is 6.42 Å². The normalized spacial score (nSPS) is 16.8. The smallest absolute Gasteiger partial charge is 0.144 e. The largest absolute Gasteiger partial charge is 0.495 e. The molecule has 0 spiro atoms.